The fourth-order valence-electron chi connectivity index (χ4n) is 1.52. The highest BCUT2D eigenvalue weighted by Crippen LogP contribution is 2.29. The van der Waals surface area contributed by atoms with Gasteiger partial charge < -0.3 is 5.11 Å². The molecule has 12 heavy (non-hydrogen) atoms. The van der Waals surface area contributed by atoms with Gasteiger partial charge in [-0.1, -0.05) is 24.3 Å². The lowest BCUT2D eigenvalue weighted by molar-refractivity contribution is 0.175. The molecule has 0 saturated heterocycles. The SMILES string of the molecule is OC1CCSCc2ccccc21. The van der Waals surface area contributed by atoms with E-state index in [1.807, 2.05) is 30.0 Å². The molecule has 1 nitrogen and oxygen atoms in total. The molecule has 0 amide bonds. The van der Waals surface area contributed by atoms with Crippen LogP contribution in [0.2, 0.25) is 0 Å². The minimum Gasteiger partial charge on any atom is -0.388 e. The Balaban J connectivity index is 2.39. The molecule has 1 aromatic rings. The summed E-state index contributed by atoms with van der Waals surface area (Å²) in [6.07, 6.45) is 0.651. The summed E-state index contributed by atoms with van der Waals surface area (Å²) in [5.74, 6) is 2.11. The topological polar surface area (TPSA) is 20.2 Å². The van der Waals surface area contributed by atoms with E-state index < -0.39 is 0 Å². The molecule has 0 bridgehead atoms. The van der Waals surface area contributed by atoms with Gasteiger partial charge in [-0.3, -0.25) is 0 Å². The summed E-state index contributed by atoms with van der Waals surface area (Å²) in [5, 5.41) is 9.73. The molecule has 1 N–H and O–H groups in total. The molecular weight excluding hydrogens is 168 g/mol. The lowest BCUT2D eigenvalue weighted by atomic mass is 10.0. The molecule has 0 aromatic heterocycles. The van der Waals surface area contributed by atoms with E-state index in [0.717, 1.165) is 23.5 Å². The van der Waals surface area contributed by atoms with E-state index in [9.17, 15) is 5.11 Å². The maximum atomic E-state index is 9.73. The standard InChI is InChI=1S/C10H12OS/c11-10-5-6-12-7-8-3-1-2-4-9(8)10/h1-4,10-11H,5-7H2. The number of aliphatic hydroxyl groups is 1. The van der Waals surface area contributed by atoms with Crippen LogP contribution < -0.4 is 0 Å². The predicted octanol–water partition coefficient (Wildman–Crippen LogP) is 2.36. The zero-order valence-corrected chi connectivity index (χ0v) is 7.68. The zero-order valence-electron chi connectivity index (χ0n) is 6.86. The van der Waals surface area contributed by atoms with Crippen LogP contribution in [0.5, 0.6) is 0 Å². The van der Waals surface area contributed by atoms with E-state index in [2.05, 4.69) is 6.07 Å². The largest absolute Gasteiger partial charge is 0.388 e. The number of hydrogen-bond donors (Lipinski definition) is 1. The highest BCUT2D eigenvalue weighted by Gasteiger charge is 2.14. The van der Waals surface area contributed by atoms with Crippen LogP contribution in [0.3, 0.4) is 0 Å². The van der Waals surface area contributed by atoms with Gasteiger partial charge in [0, 0.05) is 5.75 Å². The van der Waals surface area contributed by atoms with Crippen molar-refractivity contribution in [2.45, 2.75) is 18.3 Å². The minimum absolute atomic E-state index is 0.240. The van der Waals surface area contributed by atoms with E-state index in [1.165, 1.54) is 5.56 Å². The molecule has 0 saturated carbocycles. The maximum Gasteiger partial charge on any atom is 0.0800 e. The first kappa shape index (κ1) is 8.14. The van der Waals surface area contributed by atoms with Gasteiger partial charge >= 0.3 is 0 Å². The van der Waals surface area contributed by atoms with Gasteiger partial charge in [0.15, 0.2) is 0 Å². The summed E-state index contributed by atoms with van der Waals surface area (Å²) in [6, 6.07) is 8.18. The molecule has 1 unspecified atom stereocenters. The van der Waals surface area contributed by atoms with Crippen molar-refractivity contribution in [3.63, 3.8) is 0 Å². The first-order chi connectivity index (χ1) is 5.88. The van der Waals surface area contributed by atoms with Gasteiger partial charge in [0.05, 0.1) is 6.10 Å². The van der Waals surface area contributed by atoms with Gasteiger partial charge in [-0.25, -0.2) is 0 Å². The number of hydrogen-bond acceptors (Lipinski definition) is 2. The summed E-state index contributed by atoms with van der Waals surface area (Å²) in [6.45, 7) is 0. The van der Waals surface area contributed by atoms with Crippen LogP contribution in [-0.2, 0) is 5.75 Å². The molecule has 0 fully saturated rings. The number of fused-ring (bicyclic) bond motifs is 1. The van der Waals surface area contributed by atoms with Crippen LogP contribution in [0.4, 0.5) is 0 Å². The van der Waals surface area contributed by atoms with Crippen molar-refractivity contribution in [1.29, 1.82) is 0 Å². The molecular formula is C10H12OS. The molecule has 1 aromatic carbocycles. The third-order valence-corrected chi connectivity index (χ3v) is 3.25. The Morgan fingerprint density at radius 1 is 1.33 bits per heavy atom. The quantitative estimate of drug-likeness (QED) is 0.661. The Morgan fingerprint density at radius 3 is 3.08 bits per heavy atom. The zero-order chi connectivity index (χ0) is 8.39. The summed E-state index contributed by atoms with van der Waals surface area (Å²) in [5.41, 5.74) is 2.43. The van der Waals surface area contributed by atoms with E-state index in [4.69, 9.17) is 0 Å². The molecule has 1 atom stereocenters. The molecule has 2 rings (SSSR count). The second-order valence-electron chi connectivity index (χ2n) is 3.06. The van der Waals surface area contributed by atoms with Crippen LogP contribution in [0, 0.1) is 0 Å². The molecule has 0 spiro atoms. The van der Waals surface area contributed by atoms with Crippen molar-refractivity contribution in [2.75, 3.05) is 5.75 Å². The summed E-state index contributed by atoms with van der Waals surface area (Å²) < 4.78 is 0. The van der Waals surface area contributed by atoms with Crippen molar-refractivity contribution >= 4 is 11.8 Å². The molecule has 64 valence electrons. The normalized spacial score (nSPS) is 22.9. The maximum absolute atomic E-state index is 9.73. The number of thioether (sulfide) groups is 1. The molecule has 0 aliphatic carbocycles. The number of benzene rings is 1. The summed E-state index contributed by atoms with van der Waals surface area (Å²) >= 11 is 1.90. The Labute approximate surface area is 76.8 Å². The molecule has 1 heterocycles. The van der Waals surface area contributed by atoms with Gasteiger partial charge in [0.25, 0.3) is 0 Å². The first-order valence-corrected chi connectivity index (χ1v) is 5.37. The lowest BCUT2D eigenvalue weighted by Crippen LogP contribution is -1.98. The van der Waals surface area contributed by atoms with E-state index >= 15 is 0 Å². The average molecular weight is 180 g/mol. The lowest BCUT2D eigenvalue weighted by Gasteiger charge is -2.09. The Morgan fingerprint density at radius 2 is 2.17 bits per heavy atom. The minimum atomic E-state index is -0.240. The second kappa shape index (κ2) is 3.50. The highest BCUT2D eigenvalue weighted by molar-refractivity contribution is 7.98. The van der Waals surface area contributed by atoms with Crippen molar-refractivity contribution < 1.29 is 5.11 Å². The fraction of sp³-hybridized carbons (Fsp3) is 0.400. The first-order valence-electron chi connectivity index (χ1n) is 4.21. The van der Waals surface area contributed by atoms with Crippen LogP contribution in [0.1, 0.15) is 23.7 Å². The van der Waals surface area contributed by atoms with Crippen molar-refractivity contribution in [3.05, 3.63) is 35.4 Å². The van der Waals surface area contributed by atoms with Crippen LogP contribution >= 0.6 is 11.8 Å². The summed E-state index contributed by atoms with van der Waals surface area (Å²) in [7, 11) is 0. The van der Waals surface area contributed by atoms with Crippen molar-refractivity contribution in [1.82, 2.24) is 0 Å². The second-order valence-corrected chi connectivity index (χ2v) is 4.16. The average Bonchev–Trinajstić information content (AvgIpc) is 2.29. The highest BCUT2D eigenvalue weighted by atomic mass is 32.2. The van der Waals surface area contributed by atoms with Crippen LogP contribution in [0.25, 0.3) is 0 Å². The van der Waals surface area contributed by atoms with Gasteiger partial charge in [-0.2, -0.15) is 11.8 Å². The van der Waals surface area contributed by atoms with Gasteiger partial charge in [-0.15, -0.1) is 0 Å². The third kappa shape index (κ3) is 1.50. The molecule has 2 heteroatoms. The molecule has 1 aliphatic rings. The van der Waals surface area contributed by atoms with Gasteiger partial charge in [0.1, 0.15) is 0 Å². The third-order valence-electron chi connectivity index (χ3n) is 2.21. The van der Waals surface area contributed by atoms with Crippen molar-refractivity contribution in [2.24, 2.45) is 0 Å². The van der Waals surface area contributed by atoms with Gasteiger partial charge in [-0.05, 0) is 23.3 Å². The number of aliphatic hydroxyl groups excluding tert-OH is 1. The summed E-state index contributed by atoms with van der Waals surface area (Å²) in [4.78, 5) is 0. The van der Waals surface area contributed by atoms with E-state index in [1.54, 1.807) is 0 Å². The number of rotatable bonds is 0. The smallest absolute Gasteiger partial charge is 0.0800 e. The monoisotopic (exact) mass is 180 g/mol. The van der Waals surface area contributed by atoms with E-state index in [-0.39, 0.29) is 6.10 Å². The van der Waals surface area contributed by atoms with Gasteiger partial charge in [0.2, 0.25) is 0 Å². The Hall–Kier alpha value is -0.470. The fourth-order valence-corrected chi connectivity index (χ4v) is 2.54. The molecule has 1 aliphatic heterocycles. The Bertz CT molecular complexity index is 272. The van der Waals surface area contributed by atoms with E-state index in [0.29, 0.717) is 0 Å². The Kier molecular flexibility index (Phi) is 2.38. The van der Waals surface area contributed by atoms with Crippen molar-refractivity contribution in [3.8, 4) is 0 Å². The van der Waals surface area contributed by atoms with Crippen LogP contribution in [0.15, 0.2) is 24.3 Å². The molecule has 0 radical (unpaired) electrons. The predicted molar refractivity (Wildman–Crippen MR) is 52.2 cm³/mol. The van der Waals surface area contributed by atoms with Crippen LogP contribution in [-0.4, -0.2) is 10.9 Å².